The number of rotatable bonds is 7. The summed E-state index contributed by atoms with van der Waals surface area (Å²) in [5.41, 5.74) is 0.667. The topological polar surface area (TPSA) is 67.5 Å². The lowest BCUT2D eigenvalue weighted by Crippen LogP contribution is -2.41. The maximum atomic E-state index is 12.6. The first kappa shape index (κ1) is 22.0. The molecular formula is C20H32BN3O4Si. The third-order valence-electron chi connectivity index (χ3n) is 5.64. The monoisotopic (exact) mass is 417 g/mol. The van der Waals surface area contributed by atoms with Gasteiger partial charge in [-0.1, -0.05) is 31.8 Å². The van der Waals surface area contributed by atoms with Crippen LogP contribution in [0.4, 0.5) is 0 Å². The molecule has 7 nitrogen and oxygen atoms in total. The van der Waals surface area contributed by atoms with Crippen molar-refractivity contribution in [2.75, 3.05) is 6.61 Å². The quantitative estimate of drug-likeness (QED) is 0.512. The van der Waals surface area contributed by atoms with E-state index in [1.165, 1.54) is 15.6 Å². The molecular weight excluding hydrogens is 385 g/mol. The van der Waals surface area contributed by atoms with E-state index in [1.807, 2.05) is 52.0 Å². The Morgan fingerprint density at radius 1 is 1.07 bits per heavy atom. The van der Waals surface area contributed by atoms with Gasteiger partial charge in [-0.05, 0) is 51.3 Å². The van der Waals surface area contributed by atoms with Gasteiger partial charge in [-0.15, -0.1) is 0 Å². The first-order valence-electron chi connectivity index (χ1n) is 10.1. The van der Waals surface area contributed by atoms with Gasteiger partial charge in [0.15, 0.2) is 0 Å². The summed E-state index contributed by atoms with van der Waals surface area (Å²) in [7, 11) is -1.57. The minimum atomic E-state index is -1.15. The van der Waals surface area contributed by atoms with Gasteiger partial charge in [0.25, 0.3) is 0 Å². The van der Waals surface area contributed by atoms with Crippen LogP contribution in [-0.4, -0.2) is 47.3 Å². The lowest BCUT2D eigenvalue weighted by Gasteiger charge is -2.32. The number of hydrogen-bond donors (Lipinski definition) is 0. The second kappa shape index (κ2) is 7.87. The molecule has 3 rings (SSSR count). The predicted molar refractivity (Wildman–Crippen MR) is 118 cm³/mol. The summed E-state index contributed by atoms with van der Waals surface area (Å²) in [5, 5.41) is 4.17. The minimum Gasteiger partial charge on any atom is -0.399 e. The molecule has 0 atom stereocenters. The van der Waals surface area contributed by atoms with Crippen molar-refractivity contribution >= 4 is 20.7 Å². The summed E-state index contributed by atoms with van der Waals surface area (Å²) in [6, 6.07) is 8.65. The second-order valence-corrected chi connectivity index (χ2v) is 15.4. The van der Waals surface area contributed by atoms with Crippen LogP contribution in [0.25, 0.3) is 5.69 Å². The lowest BCUT2D eigenvalue weighted by atomic mass is 9.79. The molecule has 0 unspecified atom stereocenters. The molecule has 1 aromatic carbocycles. The summed E-state index contributed by atoms with van der Waals surface area (Å²) >= 11 is 0. The fraction of sp³-hybridized carbons (Fsp3) is 0.600. The maximum Gasteiger partial charge on any atom is 0.494 e. The van der Waals surface area contributed by atoms with Gasteiger partial charge in [0, 0.05) is 14.7 Å². The van der Waals surface area contributed by atoms with Crippen LogP contribution >= 0.6 is 0 Å². The molecule has 1 saturated heterocycles. The van der Waals surface area contributed by atoms with Crippen molar-refractivity contribution in [1.82, 2.24) is 14.3 Å². The highest BCUT2D eigenvalue weighted by atomic mass is 28.3. The van der Waals surface area contributed by atoms with Gasteiger partial charge in [-0.2, -0.15) is 9.78 Å². The molecule has 1 aromatic heterocycles. The Morgan fingerprint density at radius 3 is 2.21 bits per heavy atom. The molecule has 0 radical (unpaired) electrons. The number of nitrogens with zero attached hydrogens (tertiary/aromatic N) is 3. The number of benzene rings is 1. The molecule has 2 heterocycles. The van der Waals surface area contributed by atoms with Crippen LogP contribution in [0.5, 0.6) is 0 Å². The van der Waals surface area contributed by atoms with Crippen LogP contribution in [-0.2, 0) is 20.8 Å². The number of aromatic nitrogens is 3. The Bertz CT molecular complexity index is 884. The van der Waals surface area contributed by atoms with Gasteiger partial charge in [0.1, 0.15) is 13.1 Å². The van der Waals surface area contributed by atoms with Crippen molar-refractivity contribution in [2.45, 2.75) is 71.3 Å². The standard InChI is InChI=1S/C20H32BN3O4Si/c1-19(2)20(3,4)28-21(27-19)16-8-10-17(11-9-16)23-14-22-24(18(23)25)15-26-12-13-29(5,6)7/h8-11,14H,12-13,15H2,1-7H3. The van der Waals surface area contributed by atoms with Crippen LogP contribution in [0, 0.1) is 0 Å². The molecule has 9 heteroatoms. The smallest absolute Gasteiger partial charge is 0.399 e. The van der Waals surface area contributed by atoms with Gasteiger partial charge < -0.3 is 14.0 Å². The molecule has 0 amide bonds. The average Bonchev–Trinajstić information content (AvgIpc) is 3.07. The number of ether oxygens (including phenoxy) is 1. The van der Waals surface area contributed by atoms with Crippen LogP contribution in [0.1, 0.15) is 27.7 Å². The van der Waals surface area contributed by atoms with Gasteiger partial charge >= 0.3 is 12.8 Å². The zero-order chi connectivity index (χ0) is 21.4. The Morgan fingerprint density at radius 2 is 1.66 bits per heavy atom. The van der Waals surface area contributed by atoms with Gasteiger partial charge in [-0.25, -0.2) is 9.36 Å². The van der Waals surface area contributed by atoms with Gasteiger partial charge in [0.05, 0.1) is 16.9 Å². The van der Waals surface area contributed by atoms with E-state index in [-0.39, 0.29) is 23.6 Å². The molecule has 29 heavy (non-hydrogen) atoms. The minimum absolute atomic E-state index is 0.169. The zero-order valence-electron chi connectivity index (χ0n) is 18.6. The van der Waals surface area contributed by atoms with E-state index in [0.717, 1.165) is 17.2 Å². The van der Waals surface area contributed by atoms with E-state index >= 15 is 0 Å². The van der Waals surface area contributed by atoms with Crippen molar-refractivity contribution in [3.63, 3.8) is 0 Å². The van der Waals surface area contributed by atoms with Gasteiger partial charge in [0.2, 0.25) is 0 Å². The molecule has 1 aliphatic heterocycles. The van der Waals surface area contributed by atoms with E-state index in [0.29, 0.717) is 6.61 Å². The van der Waals surface area contributed by atoms with E-state index in [4.69, 9.17) is 14.0 Å². The summed E-state index contributed by atoms with van der Waals surface area (Å²) in [5.74, 6) is 0. The van der Waals surface area contributed by atoms with Crippen molar-refractivity contribution in [3.8, 4) is 5.69 Å². The Kier molecular flexibility index (Phi) is 5.97. The molecule has 0 spiro atoms. The molecule has 1 fully saturated rings. The largest absolute Gasteiger partial charge is 0.494 e. The summed E-state index contributed by atoms with van der Waals surface area (Å²) in [6.07, 6.45) is 1.52. The predicted octanol–water partition coefficient (Wildman–Crippen LogP) is 2.65. The van der Waals surface area contributed by atoms with E-state index < -0.39 is 15.2 Å². The molecule has 0 bridgehead atoms. The summed E-state index contributed by atoms with van der Waals surface area (Å²) in [4.78, 5) is 12.6. The highest BCUT2D eigenvalue weighted by Crippen LogP contribution is 2.36. The molecule has 0 saturated carbocycles. The van der Waals surface area contributed by atoms with Crippen LogP contribution < -0.4 is 11.2 Å². The highest BCUT2D eigenvalue weighted by molar-refractivity contribution is 6.76. The van der Waals surface area contributed by atoms with E-state index in [9.17, 15) is 4.79 Å². The molecule has 158 valence electrons. The second-order valence-electron chi connectivity index (χ2n) is 9.81. The maximum absolute atomic E-state index is 12.6. The molecule has 0 N–H and O–H groups in total. The normalized spacial score (nSPS) is 18.4. The Hall–Kier alpha value is -1.68. The fourth-order valence-electron chi connectivity index (χ4n) is 2.90. The van der Waals surface area contributed by atoms with Crippen molar-refractivity contribution < 1.29 is 14.0 Å². The Labute approximate surface area is 174 Å². The van der Waals surface area contributed by atoms with Crippen molar-refractivity contribution in [1.29, 1.82) is 0 Å². The zero-order valence-corrected chi connectivity index (χ0v) is 19.6. The van der Waals surface area contributed by atoms with Crippen LogP contribution in [0.3, 0.4) is 0 Å². The van der Waals surface area contributed by atoms with Crippen LogP contribution in [0.15, 0.2) is 35.4 Å². The summed E-state index contributed by atoms with van der Waals surface area (Å²) in [6.45, 7) is 15.8. The Balaban J connectivity index is 1.67. The van der Waals surface area contributed by atoms with Crippen molar-refractivity contribution in [2.24, 2.45) is 0 Å². The highest BCUT2D eigenvalue weighted by Gasteiger charge is 2.51. The third kappa shape index (κ3) is 4.91. The van der Waals surface area contributed by atoms with Crippen LogP contribution in [0.2, 0.25) is 25.7 Å². The molecule has 0 aliphatic carbocycles. The third-order valence-corrected chi connectivity index (χ3v) is 7.34. The summed E-state index contributed by atoms with van der Waals surface area (Å²) < 4.78 is 20.7. The lowest BCUT2D eigenvalue weighted by molar-refractivity contribution is 0.00578. The fourth-order valence-corrected chi connectivity index (χ4v) is 3.66. The first-order valence-corrected chi connectivity index (χ1v) is 13.8. The number of hydrogen-bond acceptors (Lipinski definition) is 5. The van der Waals surface area contributed by atoms with E-state index in [2.05, 4.69) is 24.7 Å². The molecule has 1 aliphatic rings. The SMILES string of the molecule is CC1(C)OB(c2ccc(-n3cnn(COCC[Si](C)(C)C)c3=O)cc2)OC1(C)C. The molecule has 2 aromatic rings. The average molecular weight is 417 g/mol. The van der Waals surface area contributed by atoms with E-state index in [1.54, 1.807) is 0 Å². The van der Waals surface area contributed by atoms with Gasteiger partial charge in [-0.3, -0.25) is 0 Å². The first-order chi connectivity index (χ1) is 13.4. The van der Waals surface area contributed by atoms with Crippen molar-refractivity contribution in [3.05, 3.63) is 41.1 Å².